The Kier molecular flexibility index (Phi) is 6.52. The monoisotopic (exact) mass is 384 g/mol. The van der Waals surface area contributed by atoms with Gasteiger partial charge in [-0.1, -0.05) is 12.1 Å². The molecule has 146 valence electrons. The molecule has 0 bridgehead atoms. The van der Waals surface area contributed by atoms with E-state index in [4.69, 9.17) is 14.2 Å². The Morgan fingerprint density at radius 2 is 1.77 bits per heavy atom. The second kappa shape index (κ2) is 8.67. The van der Waals surface area contributed by atoms with Crippen molar-refractivity contribution in [3.05, 3.63) is 24.3 Å². The number of sulfonamides is 1. The highest BCUT2D eigenvalue weighted by Crippen LogP contribution is 2.36. The van der Waals surface area contributed by atoms with Crippen LogP contribution in [0.15, 0.2) is 29.2 Å². The summed E-state index contributed by atoms with van der Waals surface area (Å²) in [6.07, 6.45) is 1.34. The fraction of sp³-hybridized carbons (Fsp3) is 0.667. The molecule has 0 unspecified atom stereocenters. The van der Waals surface area contributed by atoms with Gasteiger partial charge in [0.05, 0.1) is 19.3 Å². The summed E-state index contributed by atoms with van der Waals surface area (Å²) >= 11 is 0. The molecule has 0 aliphatic carbocycles. The minimum atomic E-state index is -3.63. The molecule has 1 aromatic carbocycles. The quantitative estimate of drug-likeness (QED) is 0.734. The van der Waals surface area contributed by atoms with Crippen molar-refractivity contribution in [2.45, 2.75) is 29.9 Å². The molecule has 0 aromatic heterocycles. The molecule has 3 rings (SSSR count). The van der Waals surface area contributed by atoms with Crippen LogP contribution in [0.2, 0.25) is 0 Å². The number of fused-ring (bicyclic) bond motifs is 2. The first-order valence-electron chi connectivity index (χ1n) is 9.05. The van der Waals surface area contributed by atoms with Gasteiger partial charge in [-0.15, -0.1) is 0 Å². The molecular formula is C18H28N2O5S. The number of likely N-dealkylation sites (tertiary alicyclic amines) is 1. The minimum absolute atomic E-state index is 0.169. The summed E-state index contributed by atoms with van der Waals surface area (Å²) in [5.41, 5.74) is 0. The first-order valence-corrected chi connectivity index (χ1v) is 10.5. The van der Waals surface area contributed by atoms with Crippen LogP contribution in [0.3, 0.4) is 0 Å². The van der Waals surface area contributed by atoms with E-state index in [2.05, 4.69) is 4.90 Å². The summed E-state index contributed by atoms with van der Waals surface area (Å²) in [6.45, 7) is 3.89. The number of benzene rings is 1. The molecule has 1 saturated heterocycles. The third-order valence-electron chi connectivity index (χ3n) is 5.11. The smallest absolute Gasteiger partial charge is 0.247 e. The van der Waals surface area contributed by atoms with Gasteiger partial charge in [-0.3, -0.25) is 0 Å². The summed E-state index contributed by atoms with van der Waals surface area (Å²) in [5.74, 6) is 0.452. The average molecular weight is 384 g/mol. The molecule has 7 nitrogen and oxygen atoms in total. The number of ether oxygens (including phenoxy) is 3. The van der Waals surface area contributed by atoms with Crippen molar-refractivity contribution in [1.29, 1.82) is 0 Å². The zero-order valence-corrected chi connectivity index (χ0v) is 16.3. The van der Waals surface area contributed by atoms with Crippen molar-refractivity contribution in [1.82, 2.24) is 9.21 Å². The van der Waals surface area contributed by atoms with Crippen LogP contribution in [0.1, 0.15) is 12.8 Å². The van der Waals surface area contributed by atoms with Crippen molar-refractivity contribution in [3.63, 3.8) is 0 Å². The number of para-hydroxylation sites is 1. The highest BCUT2D eigenvalue weighted by atomic mass is 32.2. The largest absolute Gasteiger partial charge is 0.487 e. The number of hydrogen-bond acceptors (Lipinski definition) is 6. The third-order valence-corrected chi connectivity index (χ3v) is 7.08. The molecule has 2 aliphatic rings. The first-order chi connectivity index (χ1) is 12.6. The molecule has 2 heterocycles. The molecule has 26 heavy (non-hydrogen) atoms. The normalized spacial score (nSPS) is 26.2. The van der Waals surface area contributed by atoms with Gasteiger partial charge in [-0.2, -0.15) is 4.31 Å². The third kappa shape index (κ3) is 4.04. The molecular weight excluding hydrogens is 356 g/mol. The molecule has 0 saturated carbocycles. The maximum atomic E-state index is 13.3. The molecule has 2 aliphatic heterocycles. The molecule has 0 N–H and O–H groups in total. The van der Waals surface area contributed by atoms with Crippen molar-refractivity contribution in [3.8, 4) is 5.75 Å². The Hall–Kier alpha value is -1.19. The van der Waals surface area contributed by atoms with E-state index in [1.165, 1.54) is 0 Å². The molecule has 0 radical (unpaired) electrons. The van der Waals surface area contributed by atoms with E-state index in [-0.39, 0.29) is 17.0 Å². The van der Waals surface area contributed by atoms with E-state index in [0.717, 1.165) is 32.5 Å². The lowest BCUT2D eigenvalue weighted by molar-refractivity contribution is 0.0957. The number of methoxy groups -OCH3 is 2. The fourth-order valence-electron chi connectivity index (χ4n) is 3.72. The van der Waals surface area contributed by atoms with E-state index in [1.54, 1.807) is 36.7 Å². The van der Waals surface area contributed by atoms with Gasteiger partial charge in [-0.05, 0) is 31.5 Å². The van der Waals surface area contributed by atoms with Gasteiger partial charge in [0, 0.05) is 33.9 Å². The van der Waals surface area contributed by atoms with Crippen LogP contribution in [0, 0.1) is 0 Å². The van der Waals surface area contributed by atoms with Crippen LogP contribution in [-0.4, -0.2) is 83.4 Å². The lowest BCUT2D eigenvalue weighted by atomic mass is 10.1. The molecule has 0 amide bonds. The van der Waals surface area contributed by atoms with Crippen LogP contribution in [0.5, 0.6) is 5.75 Å². The molecule has 1 fully saturated rings. The second-order valence-corrected chi connectivity index (χ2v) is 8.55. The van der Waals surface area contributed by atoms with Gasteiger partial charge in [0.15, 0.2) is 0 Å². The molecule has 1 aromatic rings. The number of nitrogens with zero attached hydrogens (tertiary/aromatic N) is 2. The lowest BCUT2D eigenvalue weighted by Crippen LogP contribution is -2.48. The predicted molar refractivity (Wildman–Crippen MR) is 98.0 cm³/mol. The standard InChI is InChI=1S/C18H28N2O5S/c1-23-13-11-19-9-7-15-16(8-10-19)25-17-5-3-4-6-18(17)26(21,22)20(15)12-14-24-2/h3-6,15-16H,7-14H2,1-2H3/t15-,16-/m1/s1. The van der Waals surface area contributed by atoms with Crippen molar-refractivity contribution in [2.24, 2.45) is 0 Å². The maximum absolute atomic E-state index is 13.3. The van der Waals surface area contributed by atoms with Gasteiger partial charge in [0.1, 0.15) is 16.7 Å². The van der Waals surface area contributed by atoms with Gasteiger partial charge < -0.3 is 19.1 Å². The summed E-state index contributed by atoms with van der Waals surface area (Å²) in [6, 6.07) is 6.73. The summed E-state index contributed by atoms with van der Waals surface area (Å²) in [5, 5.41) is 0. The molecule has 2 atom stereocenters. The number of rotatable bonds is 6. The van der Waals surface area contributed by atoms with E-state index >= 15 is 0 Å². The molecule has 0 spiro atoms. The molecule has 8 heteroatoms. The average Bonchev–Trinajstić information content (AvgIpc) is 2.87. The van der Waals surface area contributed by atoms with Crippen LogP contribution in [0.25, 0.3) is 0 Å². The van der Waals surface area contributed by atoms with Crippen molar-refractivity contribution in [2.75, 3.05) is 53.6 Å². The van der Waals surface area contributed by atoms with Crippen LogP contribution < -0.4 is 4.74 Å². The SMILES string of the molecule is COCCN1CC[C@@H]2[C@@H](CC1)Oc1ccccc1S(=O)(=O)N2CCOC. The zero-order valence-electron chi connectivity index (χ0n) is 15.5. The summed E-state index contributed by atoms with van der Waals surface area (Å²) < 4.78 is 44.8. The van der Waals surface area contributed by atoms with Gasteiger partial charge in [0.2, 0.25) is 10.0 Å². The zero-order chi connectivity index (χ0) is 18.6. The van der Waals surface area contributed by atoms with Crippen LogP contribution in [0.4, 0.5) is 0 Å². The summed E-state index contributed by atoms with van der Waals surface area (Å²) in [4.78, 5) is 2.56. The summed E-state index contributed by atoms with van der Waals surface area (Å²) in [7, 11) is -0.343. The van der Waals surface area contributed by atoms with E-state index in [1.807, 2.05) is 6.07 Å². The topological polar surface area (TPSA) is 68.3 Å². The maximum Gasteiger partial charge on any atom is 0.247 e. The van der Waals surface area contributed by atoms with Crippen molar-refractivity contribution < 1.29 is 22.6 Å². The minimum Gasteiger partial charge on any atom is -0.487 e. The first kappa shape index (κ1) is 19.6. The Morgan fingerprint density at radius 1 is 1.08 bits per heavy atom. The van der Waals surface area contributed by atoms with Gasteiger partial charge >= 0.3 is 0 Å². The number of hydrogen-bond donors (Lipinski definition) is 0. The van der Waals surface area contributed by atoms with E-state index < -0.39 is 10.0 Å². The Balaban J connectivity index is 1.92. The highest BCUT2D eigenvalue weighted by molar-refractivity contribution is 7.89. The Morgan fingerprint density at radius 3 is 2.54 bits per heavy atom. The Labute approximate surface area is 155 Å². The lowest BCUT2D eigenvalue weighted by Gasteiger charge is -2.31. The van der Waals surface area contributed by atoms with Gasteiger partial charge in [0.25, 0.3) is 0 Å². The van der Waals surface area contributed by atoms with Gasteiger partial charge in [-0.25, -0.2) is 8.42 Å². The van der Waals surface area contributed by atoms with Crippen LogP contribution in [-0.2, 0) is 19.5 Å². The predicted octanol–water partition coefficient (Wildman–Crippen LogP) is 1.20. The van der Waals surface area contributed by atoms with E-state index in [9.17, 15) is 8.42 Å². The second-order valence-electron chi connectivity index (χ2n) is 6.69. The fourth-order valence-corrected chi connectivity index (χ4v) is 5.51. The van der Waals surface area contributed by atoms with Crippen LogP contribution >= 0.6 is 0 Å². The Bertz CT molecular complexity index is 697. The van der Waals surface area contributed by atoms with Crippen molar-refractivity contribution >= 4 is 10.0 Å². The highest BCUT2D eigenvalue weighted by Gasteiger charge is 2.42. The van der Waals surface area contributed by atoms with E-state index in [0.29, 0.717) is 25.5 Å².